The number of unbranched alkanes of at least 4 members (excludes halogenated alkanes) is 1. The fraction of sp³-hybridized carbons (Fsp3) is 1.00. The van der Waals surface area contributed by atoms with E-state index < -0.39 is 0 Å². The summed E-state index contributed by atoms with van der Waals surface area (Å²) >= 11 is 0. The van der Waals surface area contributed by atoms with Crippen LogP contribution in [0.1, 0.15) is 60.3 Å². The van der Waals surface area contributed by atoms with E-state index in [0.29, 0.717) is 6.04 Å². The molecule has 0 aromatic carbocycles. The Bertz CT molecular complexity index is 146. The van der Waals surface area contributed by atoms with Gasteiger partial charge in [0.25, 0.3) is 0 Å². The first-order chi connectivity index (χ1) is 7.61. The molecule has 0 saturated carbocycles. The third-order valence-electron chi connectivity index (χ3n) is 3.18. The monoisotopic (exact) mass is 228 g/mol. The van der Waals surface area contributed by atoms with Crippen molar-refractivity contribution in [1.29, 1.82) is 0 Å². The SMILES string of the molecule is CCCCN(CC)C(C)CCCNC(C)C. The Hall–Kier alpha value is -0.0800. The van der Waals surface area contributed by atoms with Crippen molar-refractivity contribution >= 4 is 0 Å². The molecule has 2 nitrogen and oxygen atoms in total. The Kier molecular flexibility index (Phi) is 10.0. The molecule has 0 rings (SSSR count). The van der Waals surface area contributed by atoms with Gasteiger partial charge in [-0.05, 0) is 45.8 Å². The van der Waals surface area contributed by atoms with Gasteiger partial charge < -0.3 is 10.2 Å². The zero-order valence-electron chi connectivity index (χ0n) is 12.1. The van der Waals surface area contributed by atoms with Crippen LogP contribution in [0.25, 0.3) is 0 Å². The molecule has 16 heavy (non-hydrogen) atoms. The highest BCUT2D eigenvalue weighted by molar-refractivity contribution is 4.67. The van der Waals surface area contributed by atoms with Gasteiger partial charge in [-0.15, -0.1) is 0 Å². The normalized spacial score (nSPS) is 13.7. The molecule has 0 radical (unpaired) electrons. The van der Waals surface area contributed by atoms with Gasteiger partial charge >= 0.3 is 0 Å². The largest absolute Gasteiger partial charge is 0.315 e. The minimum absolute atomic E-state index is 0.623. The highest BCUT2D eigenvalue weighted by Gasteiger charge is 2.10. The second-order valence-electron chi connectivity index (χ2n) is 5.08. The Morgan fingerprint density at radius 2 is 1.75 bits per heavy atom. The van der Waals surface area contributed by atoms with Crippen LogP contribution in [0.15, 0.2) is 0 Å². The third-order valence-corrected chi connectivity index (χ3v) is 3.18. The molecule has 0 bridgehead atoms. The van der Waals surface area contributed by atoms with Crippen LogP contribution in [0.3, 0.4) is 0 Å². The first kappa shape index (κ1) is 15.9. The quantitative estimate of drug-likeness (QED) is 0.577. The average Bonchev–Trinajstić information content (AvgIpc) is 2.25. The van der Waals surface area contributed by atoms with Gasteiger partial charge in [0.1, 0.15) is 0 Å². The molecule has 0 aliphatic heterocycles. The van der Waals surface area contributed by atoms with Crippen LogP contribution in [0, 0.1) is 0 Å². The van der Waals surface area contributed by atoms with Crippen LogP contribution in [-0.2, 0) is 0 Å². The van der Waals surface area contributed by atoms with Crippen molar-refractivity contribution in [3.8, 4) is 0 Å². The molecule has 0 saturated heterocycles. The molecule has 0 aliphatic rings. The molecule has 0 amide bonds. The third kappa shape index (κ3) is 8.12. The predicted molar refractivity (Wildman–Crippen MR) is 74.0 cm³/mol. The lowest BCUT2D eigenvalue weighted by Crippen LogP contribution is -2.34. The van der Waals surface area contributed by atoms with E-state index in [4.69, 9.17) is 0 Å². The van der Waals surface area contributed by atoms with Crippen LogP contribution >= 0.6 is 0 Å². The maximum atomic E-state index is 3.48. The fourth-order valence-corrected chi connectivity index (χ4v) is 2.02. The molecule has 0 aromatic rings. The molecule has 0 aromatic heterocycles. The van der Waals surface area contributed by atoms with Gasteiger partial charge in [-0.2, -0.15) is 0 Å². The second kappa shape index (κ2) is 10.1. The lowest BCUT2D eigenvalue weighted by molar-refractivity contribution is 0.204. The van der Waals surface area contributed by atoms with Crippen molar-refractivity contribution < 1.29 is 0 Å². The van der Waals surface area contributed by atoms with E-state index in [1.165, 1.54) is 38.8 Å². The predicted octanol–water partition coefficient (Wildman–Crippen LogP) is 3.28. The van der Waals surface area contributed by atoms with Gasteiger partial charge in [-0.25, -0.2) is 0 Å². The van der Waals surface area contributed by atoms with Crippen LogP contribution in [0.2, 0.25) is 0 Å². The Morgan fingerprint density at radius 3 is 2.25 bits per heavy atom. The van der Waals surface area contributed by atoms with Gasteiger partial charge in [0.2, 0.25) is 0 Å². The first-order valence-electron chi connectivity index (χ1n) is 7.09. The van der Waals surface area contributed by atoms with Crippen LogP contribution in [-0.4, -0.2) is 36.6 Å². The van der Waals surface area contributed by atoms with E-state index in [0.717, 1.165) is 12.6 Å². The molecule has 0 heterocycles. The summed E-state index contributed by atoms with van der Waals surface area (Å²) in [6.45, 7) is 15.0. The summed E-state index contributed by atoms with van der Waals surface area (Å²) < 4.78 is 0. The summed E-state index contributed by atoms with van der Waals surface area (Å²) in [6, 6.07) is 1.36. The zero-order chi connectivity index (χ0) is 12.4. The number of nitrogens with zero attached hydrogens (tertiary/aromatic N) is 1. The number of rotatable bonds is 10. The van der Waals surface area contributed by atoms with Crippen molar-refractivity contribution in [2.24, 2.45) is 0 Å². The summed E-state index contributed by atoms with van der Waals surface area (Å²) in [7, 11) is 0. The van der Waals surface area contributed by atoms with E-state index >= 15 is 0 Å². The van der Waals surface area contributed by atoms with Crippen molar-refractivity contribution in [3.05, 3.63) is 0 Å². The number of hydrogen-bond donors (Lipinski definition) is 1. The second-order valence-corrected chi connectivity index (χ2v) is 5.08. The number of hydrogen-bond acceptors (Lipinski definition) is 2. The summed E-state index contributed by atoms with van der Waals surface area (Å²) in [6.07, 6.45) is 5.25. The smallest absolute Gasteiger partial charge is 0.00672 e. The van der Waals surface area contributed by atoms with Crippen molar-refractivity contribution in [1.82, 2.24) is 10.2 Å². The summed E-state index contributed by atoms with van der Waals surface area (Å²) in [4.78, 5) is 2.61. The van der Waals surface area contributed by atoms with Gasteiger partial charge in [-0.1, -0.05) is 34.1 Å². The van der Waals surface area contributed by atoms with Crippen molar-refractivity contribution in [2.75, 3.05) is 19.6 Å². The highest BCUT2D eigenvalue weighted by atomic mass is 15.1. The molecule has 1 atom stereocenters. The highest BCUT2D eigenvalue weighted by Crippen LogP contribution is 2.07. The maximum absolute atomic E-state index is 3.48. The van der Waals surface area contributed by atoms with Gasteiger partial charge in [-0.3, -0.25) is 0 Å². The topological polar surface area (TPSA) is 15.3 Å². The lowest BCUT2D eigenvalue weighted by atomic mass is 10.1. The van der Waals surface area contributed by atoms with E-state index in [1.54, 1.807) is 0 Å². The molecule has 98 valence electrons. The molecular formula is C14H32N2. The van der Waals surface area contributed by atoms with E-state index in [-0.39, 0.29) is 0 Å². The fourth-order valence-electron chi connectivity index (χ4n) is 2.02. The lowest BCUT2D eigenvalue weighted by Gasteiger charge is -2.27. The van der Waals surface area contributed by atoms with Crippen molar-refractivity contribution in [2.45, 2.75) is 72.4 Å². The Balaban J connectivity index is 3.62. The van der Waals surface area contributed by atoms with Gasteiger partial charge in [0, 0.05) is 12.1 Å². The first-order valence-corrected chi connectivity index (χ1v) is 7.09. The Morgan fingerprint density at radius 1 is 1.06 bits per heavy atom. The van der Waals surface area contributed by atoms with Crippen LogP contribution in [0.5, 0.6) is 0 Å². The van der Waals surface area contributed by atoms with E-state index in [9.17, 15) is 0 Å². The standard InChI is InChI=1S/C14H32N2/c1-6-8-12-16(7-2)14(5)10-9-11-15-13(3)4/h13-15H,6-12H2,1-5H3. The average molecular weight is 228 g/mol. The summed E-state index contributed by atoms with van der Waals surface area (Å²) in [5, 5.41) is 3.48. The van der Waals surface area contributed by atoms with Crippen molar-refractivity contribution in [3.63, 3.8) is 0 Å². The molecule has 0 spiro atoms. The molecule has 1 unspecified atom stereocenters. The molecule has 0 fully saturated rings. The number of nitrogens with one attached hydrogen (secondary N) is 1. The maximum Gasteiger partial charge on any atom is 0.00672 e. The van der Waals surface area contributed by atoms with Crippen LogP contribution < -0.4 is 5.32 Å². The Labute approximate surface area is 103 Å². The van der Waals surface area contributed by atoms with Gasteiger partial charge in [0.05, 0.1) is 0 Å². The summed E-state index contributed by atoms with van der Waals surface area (Å²) in [5.74, 6) is 0. The van der Waals surface area contributed by atoms with E-state index in [2.05, 4.69) is 44.8 Å². The molecule has 1 N–H and O–H groups in total. The molecule has 0 aliphatic carbocycles. The zero-order valence-corrected chi connectivity index (χ0v) is 12.1. The molecular weight excluding hydrogens is 196 g/mol. The minimum atomic E-state index is 0.623. The molecule has 2 heteroatoms. The summed E-state index contributed by atoms with van der Waals surface area (Å²) in [5.41, 5.74) is 0. The van der Waals surface area contributed by atoms with Gasteiger partial charge in [0.15, 0.2) is 0 Å². The van der Waals surface area contributed by atoms with Crippen LogP contribution in [0.4, 0.5) is 0 Å². The van der Waals surface area contributed by atoms with E-state index in [1.807, 2.05) is 0 Å². The minimum Gasteiger partial charge on any atom is -0.315 e.